The van der Waals surface area contributed by atoms with Gasteiger partial charge in [-0.1, -0.05) is 12.1 Å². The van der Waals surface area contributed by atoms with Crippen LogP contribution in [0.2, 0.25) is 0 Å². The minimum absolute atomic E-state index is 0. The van der Waals surface area contributed by atoms with Gasteiger partial charge in [0.05, 0.1) is 0 Å². The van der Waals surface area contributed by atoms with Gasteiger partial charge >= 0.3 is 0 Å². The van der Waals surface area contributed by atoms with Crippen molar-refractivity contribution in [1.29, 1.82) is 0 Å². The zero-order valence-electron chi connectivity index (χ0n) is 18.0. The maximum atomic E-state index is 4.51. The minimum atomic E-state index is 0. The highest BCUT2D eigenvalue weighted by Gasteiger charge is 2.31. The smallest absolute Gasteiger partial charge is 0.193 e. The molecule has 0 saturated carbocycles. The van der Waals surface area contributed by atoms with Crippen LogP contribution >= 0.6 is 24.0 Å². The predicted molar refractivity (Wildman–Crippen MR) is 133 cm³/mol. The van der Waals surface area contributed by atoms with Crippen LogP contribution in [-0.4, -0.2) is 93.2 Å². The van der Waals surface area contributed by atoms with E-state index in [2.05, 4.69) is 61.2 Å². The first-order chi connectivity index (χ1) is 13.7. The average molecular weight is 512 g/mol. The van der Waals surface area contributed by atoms with Gasteiger partial charge < -0.3 is 15.1 Å². The molecule has 6 nitrogen and oxygen atoms in total. The Bertz CT molecular complexity index is 650. The van der Waals surface area contributed by atoms with Crippen LogP contribution in [0.4, 0.5) is 5.69 Å². The molecule has 7 heteroatoms. The van der Waals surface area contributed by atoms with E-state index in [-0.39, 0.29) is 24.0 Å². The zero-order valence-corrected chi connectivity index (χ0v) is 20.3. The van der Waals surface area contributed by atoms with Crippen molar-refractivity contribution in [1.82, 2.24) is 20.0 Å². The molecule has 0 amide bonds. The molecule has 4 aliphatic heterocycles. The summed E-state index contributed by atoms with van der Waals surface area (Å²) in [5.41, 5.74) is 2.70. The number of piperazine rings is 3. The number of nitrogens with zero attached hydrogens (tertiary/aromatic N) is 5. The van der Waals surface area contributed by atoms with Crippen molar-refractivity contribution in [3.05, 3.63) is 29.8 Å². The number of nitrogens with one attached hydrogen (secondary N) is 1. The van der Waals surface area contributed by atoms with Crippen molar-refractivity contribution < 1.29 is 0 Å². The zero-order chi connectivity index (χ0) is 19.3. The molecule has 2 bridgehead atoms. The largest absolute Gasteiger partial charge is 0.372 e. The van der Waals surface area contributed by atoms with E-state index < -0.39 is 0 Å². The van der Waals surface area contributed by atoms with E-state index in [4.69, 9.17) is 0 Å². The number of hydrogen-bond acceptors (Lipinski definition) is 4. The first-order valence-electron chi connectivity index (χ1n) is 10.9. The number of aliphatic imine (C=N–C) groups is 1. The lowest BCUT2D eigenvalue weighted by atomic mass is 10.1. The molecular weight excluding hydrogens is 475 g/mol. The lowest BCUT2D eigenvalue weighted by Crippen LogP contribution is -2.63. The number of halogens is 1. The SMILES string of the molecule is CN=C(NCC1CN2CCN1CC2)N(C)Cc1ccc(N2CCCCC2)cc1.I. The minimum Gasteiger partial charge on any atom is -0.372 e. The van der Waals surface area contributed by atoms with Gasteiger partial charge in [0.2, 0.25) is 0 Å². The summed E-state index contributed by atoms with van der Waals surface area (Å²) in [5.74, 6) is 0.984. The highest BCUT2D eigenvalue weighted by Crippen LogP contribution is 2.20. The second kappa shape index (κ2) is 10.8. The maximum absolute atomic E-state index is 4.51. The highest BCUT2D eigenvalue weighted by atomic mass is 127. The first kappa shape index (κ1) is 22.6. The van der Waals surface area contributed by atoms with Crippen LogP contribution in [0, 0.1) is 0 Å². The van der Waals surface area contributed by atoms with Crippen LogP contribution in [0.25, 0.3) is 0 Å². The monoisotopic (exact) mass is 512 g/mol. The van der Waals surface area contributed by atoms with Gasteiger partial charge in [0.1, 0.15) is 0 Å². The molecule has 1 aromatic rings. The number of benzene rings is 1. The maximum Gasteiger partial charge on any atom is 0.193 e. The van der Waals surface area contributed by atoms with Crippen molar-refractivity contribution >= 4 is 35.6 Å². The summed E-state index contributed by atoms with van der Waals surface area (Å²) >= 11 is 0. The molecule has 5 rings (SSSR count). The molecule has 1 unspecified atom stereocenters. The van der Waals surface area contributed by atoms with Gasteiger partial charge in [0.25, 0.3) is 0 Å². The summed E-state index contributed by atoms with van der Waals surface area (Å²) in [6.45, 7) is 10.3. The fraction of sp³-hybridized carbons (Fsp3) is 0.682. The molecule has 4 aliphatic rings. The predicted octanol–water partition coefficient (Wildman–Crippen LogP) is 2.30. The van der Waals surface area contributed by atoms with Gasteiger partial charge in [-0.15, -0.1) is 24.0 Å². The number of rotatable bonds is 5. The van der Waals surface area contributed by atoms with E-state index in [1.807, 2.05) is 7.05 Å². The Kier molecular flexibility index (Phi) is 8.44. The Labute approximate surface area is 193 Å². The Balaban J connectivity index is 0.00000240. The van der Waals surface area contributed by atoms with Crippen LogP contribution in [-0.2, 0) is 6.54 Å². The molecule has 1 N–H and O–H groups in total. The fourth-order valence-electron chi connectivity index (χ4n) is 4.83. The third-order valence-corrected chi connectivity index (χ3v) is 6.54. The molecule has 1 aromatic carbocycles. The van der Waals surface area contributed by atoms with Gasteiger partial charge in [-0.25, -0.2) is 0 Å². The number of anilines is 1. The molecule has 0 aliphatic carbocycles. The topological polar surface area (TPSA) is 37.4 Å². The molecule has 0 radical (unpaired) electrons. The van der Waals surface area contributed by atoms with Gasteiger partial charge in [-0.2, -0.15) is 0 Å². The van der Waals surface area contributed by atoms with E-state index in [0.29, 0.717) is 6.04 Å². The molecule has 4 heterocycles. The summed E-state index contributed by atoms with van der Waals surface area (Å²) in [5, 5.41) is 3.61. The summed E-state index contributed by atoms with van der Waals surface area (Å²) in [6.07, 6.45) is 4.02. The van der Waals surface area contributed by atoms with E-state index in [0.717, 1.165) is 19.0 Å². The normalized spacial score (nSPS) is 26.8. The van der Waals surface area contributed by atoms with Gasteiger partial charge in [-0.3, -0.25) is 14.8 Å². The van der Waals surface area contributed by atoms with Gasteiger partial charge in [0, 0.05) is 84.7 Å². The van der Waals surface area contributed by atoms with Crippen molar-refractivity contribution in [2.45, 2.75) is 31.8 Å². The first-order valence-corrected chi connectivity index (χ1v) is 10.9. The highest BCUT2D eigenvalue weighted by molar-refractivity contribution is 14.0. The van der Waals surface area contributed by atoms with E-state index >= 15 is 0 Å². The van der Waals surface area contributed by atoms with Crippen molar-refractivity contribution in [2.75, 3.05) is 71.4 Å². The molecule has 0 aromatic heterocycles. The third kappa shape index (κ3) is 5.76. The number of fused-ring (bicyclic) bond motifs is 3. The fourth-order valence-corrected chi connectivity index (χ4v) is 4.83. The number of hydrogen-bond donors (Lipinski definition) is 1. The average Bonchev–Trinajstić information content (AvgIpc) is 2.76. The van der Waals surface area contributed by atoms with Crippen molar-refractivity contribution in [2.24, 2.45) is 4.99 Å². The van der Waals surface area contributed by atoms with Crippen LogP contribution in [0.15, 0.2) is 29.3 Å². The van der Waals surface area contributed by atoms with Crippen LogP contribution in [0.3, 0.4) is 0 Å². The standard InChI is InChI=1S/C22H36N6.HI/c1-23-22(24-16-21-18-26-12-14-28(21)15-13-26)25(2)17-19-6-8-20(9-7-19)27-10-4-3-5-11-27;/h6-9,21H,3-5,10-18H2,1-2H3,(H,23,24);1H. The second-order valence-electron chi connectivity index (χ2n) is 8.49. The molecule has 1 atom stereocenters. The number of piperidine rings is 1. The lowest BCUT2D eigenvalue weighted by molar-refractivity contribution is 0.0152. The molecule has 0 spiro atoms. The quantitative estimate of drug-likeness (QED) is 0.373. The molecule has 162 valence electrons. The van der Waals surface area contributed by atoms with E-state index in [1.165, 1.54) is 76.3 Å². The third-order valence-electron chi connectivity index (χ3n) is 6.54. The number of guanidine groups is 1. The summed E-state index contributed by atoms with van der Waals surface area (Å²) in [7, 11) is 4.01. The van der Waals surface area contributed by atoms with Crippen LogP contribution in [0.5, 0.6) is 0 Å². The molecule has 29 heavy (non-hydrogen) atoms. The summed E-state index contributed by atoms with van der Waals surface area (Å²) in [4.78, 5) is 14.5. The molecular formula is C22H37IN6. The van der Waals surface area contributed by atoms with Crippen molar-refractivity contribution in [3.8, 4) is 0 Å². The van der Waals surface area contributed by atoms with Crippen molar-refractivity contribution in [3.63, 3.8) is 0 Å². The molecule has 4 fully saturated rings. The Morgan fingerprint density at radius 2 is 1.72 bits per heavy atom. The van der Waals surface area contributed by atoms with Gasteiger partial charge in [0.15, 0.2) is 5.96 Å². The molecule has 4 saturated heterocycles. The Morgan fingerprint density at radius 3 is 2.31 bits per heavy atom. The van der Waals surface area contributed by atoms with E-state index in [9.17, 15) is 0 Å². The summed E-state index contributed by atoms with van der Waals surface area (Å²) in [6, 6.07) is 9.71. The summed E-state index contributed by atoms with van der Waals surface area (Å²) < 4.78 is 0. The van der Waals surface area contributed by atoms with Crippen LogP contribution < -0.4 is 10.2 Å². The Morgan fingerprint density at radius 1 is 1.03 bits per heavy atom. The van der Waals surface area contributed by atoms with E-state index in [1.54, 1.807) is 0 Å². The Hall–Kier alpha value is -1.06. The second-order valence-corrected chi connectivity index (χ2v) is 8.49. The lowest BCUT2D eigenvalue weighted by Gasteiger charge is -2.47. The van der Waals surface area contributed by atoms with Gasteiger partial charge in [-0.05, 0) is 37.0 Å². The van der Waals surface area contributed by atoms with Crippen LogP contribution in [0.1, 0.15) is 24.8 Å².